The molecule has 4 heterocycles. The summed E-state index contributed by atoms with van der Waals surface area (Å²) in [6.07, 6.45) is 7.79. The number of aliphatic carboxylic acids is 2. The Kier molecular flexibility index (Phi) is 32.0. The number of carbonyl (C=O) groups excluding carboxylic acids is 7. The Bertz CT molecular complexity index is 2660. The number of aromatic amines is 1. The molecule has 7 amide bonds. The first-order valence-electron chi connectivity index (χ1n) is 25.2. The second kappa shape index (κ2) is 37.6. The van der Waals surface area contributed by atoms with Crippen LogP contribution in [0.3, 0.4) is 0 Å². The number of hydrogen-bond acceptors (Lipinski definition) is 17. The number of carbonyl (C=O) groups is 9. The Morgan fingerprint density at radius 1 is 0.802 bits per heavy atom. The first kappa shape index (κ1) is 68.9. The van der Waals surface area contributed by atoms with Crippen molar-refractivity contribution in [1.82, 2.24) is 55.6 Å². The number of rotatable bonds is 25. The van der Waals surface area contributed by atoms with E-state index in [4.69, 9.17) is 31.9 Å². The van der Waals surface area contributed by atoms with Crippen molar-refractivity contribution in [3.63, 3.8) is 0 Å². The first-order chi connectivity index (χ1) is 38.6. The summed E-state index contributed by atoms with van der Waals surface area (Å²) in [5.41, 5.74) is 10.3. The van der Waals surface area contributed by atoms with E-state index >= 15 is 0 Å². The van der Waals surface area contributed by atoms with E-state index in [0.29, 0.717) is 23.4 Å². The maximum absolute atomic E-state index is 13.9. The van der Waals surface area contributed by atoms with Crippen LogP contribution >= 0.6 is 0 Å². The first-order valence-corrected chi connectivity index (χ1v) is 26.1. The topological polar surface area (TPSA) is 503 Å². The van der Waals surface area contributed by atoms with E-state index in [0.717, 1.165) is 12.8 Å². The van der Waals surface area contributed by atoms with E-state index in [9.17, 15) is 53.1 Å². The average molecular weight is 1220 g/mol. The predicted molar refractivity (Wildman–Crippen MR) is 284 cm³/mol. The minimum absolute atomic E-state index is 0.00828. The van der Waals surface area contributed by atoms with Gasteiger partial charge in [0.25, 0.3) is 11.9 Å². The molecule has 1 saturated heterocycles. The van der Waals surface area contributed by atoms with Gasteiger partial charge in [0.2, 0.25) is 35.1 Å². The van der Waals surface area contributed by atoms with Crippen LogP contribution in [-0.2, 0) is 58.7 Å². The van der Waals surface area contributed by atoms with Gasteiger partial charge in [-0.3, -0.25) is 53.1 Å². The van der Waals surface area contributed by atoms with E-state index in [1.54, 1.807) is 43.2 Å². The molecule has 3 aromatic heterocycles. The van der Waals surface area contributed by atoms with Crippen LogP contribution < -0.4 is 57.7 Å². The van der Waals surface area contributed by atoms with E-state index in [1.165, 1.54) is 36.7 Å². The number of aliphatic hydroxyl groups excluding tert-OH is 3. The van der Waals surface area contributed by atoms with Crippen molar-refractivity contribution in [1.29, 1.82) is 0 Å². The quantitative estimate of drug-likeness (QED) is 0.0129. The number of carboxylic acids is 2. The molecule has 4 rings (SSSR count). The number of nitrogens with one attached hydrogen (secondary N) is 8. The van der Waals surface area contributed by atoms with Crippen LogP contribution in [0, 0.1) is 0 Å². The Labute approximate surface area is 474 Å². The van der Waals surface area contributed by atoms with Gasteiger partial charge in [-0.2, -0.15) is 0 Å². The molecule has 0 aromatic carbocycles. The van der Waals surface area contributed by atoms with Gasteiger partial charge < -0.3 is 79.2 Å². The summed E-state index contributed by atoms with van der Waals surface area (Å²) in [6, 6.07) is 3.73. The van der Waals surface area contributed by atoms with Gasteiger partial charge in [0.15, 0.2) is 5.96 Å². The number of unbranched alkanes of at least 4 members (excludes halogenated alkanes) is 1. The van der Waals surface area contributed by atoms with Crippen molar-refractivity contribution in [2.45, 2.75) is 107 Å². The van der Waals surface area contributed by atoms with Gasteiger partial charge in [-0.05, 0) is 50.4 Å². The smallest absolute Gasteiger partial charge is 0.305 e. The van der Waals surface area contributed by atoms with Crippen LogP contribution in [-0.4, -0.2) is 181 Å². The van der Waals surface area contributed by atoms with Gasteiger partial charge in [-0.15, -0.1) is 0 Å². The van der Waals surface area contributed by atoms with E-state index in [-0.39, 0.29) is 68.7 Å². The normalized spacial score (nSPS) is 17.0. The van der Waals surface area contributed by atoms with Gasteiger partial charge in [0.05, 0.1) is 13.0 Å². The second-order valence-corrected chi connectivity index (χ2v) is 18.3. The Balaban J connectivity index is 0.000000700. The number of nitrogens with two attached hydrogens (primary N) is 2. The molecule has 81 heavy (non-hydrogen) atoms. The number of carboxylic acid groups (broad SMARTS) is 2. The number of aliphatic imine (C=N–C) groups is 1. The summed E-state index contributed by atoms with van der Waals surface area (Å²) in [6.45, 7) is 1.46. The summed E-state index contributed by atoms with van der Waals surface area (Å²) in [5, 5.41) is 69.0. The Morgan fingerprint density at radius 2 is 1.43 bits per heavy atom. The van der Waals surface area contributed by atoms with Crippen molar-refractivity contribution in [2.24, 2.45) is 21.6 Å². The molecule has 32 heteroatoms. The fraction of sp³-hybridized carbons (Fsp3) is 0.490. The summed E-state index contributed by atoms with van der Waals surface area (Å²) in [7, 11) is 0. The summed E-state index contributed by atoms with van der Waals surface area (Å²) in [4.78, 5) is 139. The van der Waals surface area contributed by atoms with Gasteiger partial charge in [-0.1, -0.05) is 24.9 Å². The maximum atomic E-state index is 13.9. The van der Waals surface area contributed by atoms with E-state index < -0.39 is 122 Å². The van der Waals surface area contributed by atoms with Gasteiger partial charge in [-0.25, -0.2) is 0 Å². The number of aliphatic hydroxyl groups is 3. The third-order valence-corrected chi connectivity index (χ3v) is 11.6. The number of hydrogen-bond donors (Lipinski definition) is 15. The van der Waals surface area contributed by atoms with Crippen molar-refractivity contribution in [2.75, 3.05) is 46.0 Å². The van der Waals surface area contributed by atoms with Gasteiger partial charge in [0.1, 0.15) is 24.2 Å². The Hall–Kier alpha value is -8.25. The molecule has 1 aliphatic heterocycles. The molecule has 0 spiro atoms. The van der Waals surface area contributed by atoms with Crippen molar-refractivity contribution >= 4 is 65.1 Å². The summed E-state index contributed by atoms with van der Waals surface area (Å²) >= 11 is 1.70. The van der Waals surface area contributed by atoms with Crippen LogP contribution in [0.4, 0.5) is 5.82 Å². The molecule has 0 bridgehead atoms. The summed E-state index contributed by atoms with van der Waals surface area (Å²) < 4.78 is 3.59. The van der Waals surface area contributed by atoms with Crippen LogP contribution in [0.2, 0.25) is 0 Å². The minimum atomic E-state index is -1.66. The minimum Gasteiger partial charge on any atom is -0.642 e. The second-order valence-electron chi connectivity index (χ2n) is 18.0. The zero-order valence-electron chi connectivity index (χ0n) is 44.5. The van der Waals surface area contributed by atoms with Crippen LogP contribution in [0.25, 0.3) is 5.32 Å². The molecular formula is C49H70N16O15Tc. The molecule has 17 N–H and O–H groups in total. The SMILES string of the molecule is CCCC(C)NC(=O)c1ccncc1.NC(N)=NCCC[C@@H]1NC(=O)[C@H](CCCCNC(=O)c2ccc(N=[N+]=[Tc])nc2)NC(=O)[C@@H](Cc2ccc(=O)[nH]c2)NC(=O)[C@H](CC(=O)O)NC(=O)CNC1=O.O=C(O)C[N-]C(CO)(CO)CO. The number of H-pyrrole nitrogens is 1. The average Bonchev–Trinajstić information content (AvgIpc) is 3.44. The van der Waals surface area contributed by atoms with Crippen LogP contribution in [0.1, 0.15) is 91.5 Å². The number of amides is 7. The zero-order valence-corrected chi connectivity index (χ0v) is 46.4. The Morgan fingerprint density at radius 3 is 2.00 bits per heavy atom. The fourth-order valence-corrected chi connectivity index (χ4v) is 7.23. The molecule has 0 aliphatic carbocycles. The predicted octanol–water partition coefficient (Wildman–Crippen LogP) is -3.45. The van der Waals surface area contributed by atoms with Crippen LogP contribution in [0.15, 0.2) is 76.1 Å². The number of pyridine rings is 3. The third kappa shape index (κ3) is 27.5. The van der Waals surface area contributed by atoms with Crippen molar-refractivity contribution in [3.8, 4) is 0 Å². The van der Waals surface area contributed by atoms with E-state index in [1.807, 2.05) is 6.92 Å². The number of guanidine groups is 1. The van der Waals surface area contributed by atoms with Crippen molar-refractivity contribution < 1.29 is 87.4 Å². The molecule has 0 saturated carbocycles. The third-order valence-electron chi connectivity index (χ3n) is 11.4. The van der Waals surface area contributed by atoms with Crippen LogP contribution in [0.5, 0.6) is 0 Å². The molecular weight excluding hydrogens is 1150 g/mol. The van der Waals surface area contributed by atoms with Crippen molar-refractivity contribution in [3.05, 3.63) is 93.5 Å². The fourth-order valence-electron chi connectivity index (χ4n) is 7.04. The number of aromatic nitrogens is 3. The molecule has 3 aromatic rings. The molecule has 1 fully saturated rings. The van der Waals surface area contributed by atoms with Gasteiger partial charge >= 0.3 is 110 Å². The maximum Gasteiger partial charge on any atom is 0.305 e. The number of nitrogens with zero attached hydrogens (tertiary/aromatic N) is 6. The molecule has 31 nitrogen and oxygen atoms in total. The molecule has 443 valence electrons. The largest absolute Gasteiger partial charge is 0.642 e. The molecule has 5 atom stereocenters. The molecule has 0 radical (unpaired) electrons. The van der Waals surface area contributed by atoms with Gasteiger partial charge in [0, 0.05) is 69.0 Å². The summed E-state index contributed by atoms with van der Waals surface area (Å²) in [5.74, 6) is -7.28. The van der Waals surface area contributed by atoms with E-state index in [2.05, 4.69) is 77.9 Å². The molecule has 1 aliphatic rings. The molecule has 1 unspecified atom stereocenters. The standard InChI is InChI=1S/C32H42N13O9.C11H16N2O.C6H12NO5.Tc/c33-32(34)37-11-3-5-19-28(51)40-16-25(47)41-22(13-26(48)49)31(54)44-21(12-17-6-9-24(46)39-14-17)30(53)43-20(29(52)42-19)4-1-2-10-36-27(50)18-7-8-23(45-35)38-15-18;1-3-4-9(2)13-11(14)10-5-7-12-8-6-10;8-2-6(3-9,4-10)7-1-5(11)12;/h6-9,14-15,19-22H,1-5,10-13,16H2,(H,36,50)(H,39,46)(H,40,51)(H,41,47)(H,42,52)(H,43,53)(H,44,54)(H,48,49)(H4,33,34,37);5-9H,3-4H2,1-2H3,(H,13,14);8-10H,1-4H2,(H,11,12);/q-1;;-1;+2/t19-,20-,21+,22-;;;/m0.../s1. The monoisotopic (exact) mass is 1220 g/mol. The zero-order chi connectivity index (χ0) is 60.3.